The Morgan fingerprint density at radius 3 is 2.45 bits per heavy atom. The monoisotopic (exact) mass is 411 g/mol. The molecule has 7 nitrogen and oxygen atoms in total. The number of carbonyl (C=O) groups is 2. The van der Waals surface area contributed by atoms with E-state index >= 15 is 0 Å². The zero-order valence-electron chi connectivity index (χ0n) is 16.3. The summed E-state index contributed by atoms with van der Waals surface area (Å²) < 4.78 is 46.0. The summed E-state index contributed by atoms with van der Waals surface area (Å²) in [4.78, 5) is 39.5. The summed E-state index contributed by atoms with van der Waals surface area (Å²) in [7, 11) is 4.65. The number of ketones is 1. The van der Waals surface area contributed by atoms with E-state index in [1.165, 1.54) is 26.2 Å². The predicted octanol–water partition coefficient (Wildman–Crippen LogP) is 2.63. The first-order valence-electron chi connectivity index (χ1n) is 8.54. The van der Waals surface area contributed by atoms with E-state index in [0.29, 0.717) is 0 Å². The van der Waals surface area contributed by atoms with Crippen molar-refractivity contribution in [2.24, 2.45) is 7.05 Å². The Bertz CT molecular complexity index is 1020. The average molecular weight is 411 g/mol. The first kappa shape index (κ1) is 22.0. The molecule has 0 aliphatic rings. The fourth-order valence-electron chi connectivity index (χ4n) is 2.68. The molecule has 0 N–H and O–H groups in total. The van der Waals surface area contributed by atoms with E-state index in [4.69, 9.17) is 4.74 Å². The van der Waals surface area contributed by atoms with Gasteiger partial charge in [0.2, 0.25) is 5.78 Å². The zero-order chi connectivity index (χ0) is 21.9. The minimum absolute atomic E-state index is 0.0438. The van der Waals surface area contributed by atoms with Gasteiger partial charge >= 0.3 is 12.1 Å². The third-order valence-corrected chi connectivity index (χ3v) is 3.92. The summed E-state index contributed by atoms with van der Waals surface area (Å²) in [6.45, 7) is 1.48. The first-order valence-corrected chi connectivity index (χ1v) is 8.54. The third kappa shape index (κ3) is 4.58. The van der Waals surface area contributed by atoms with Crippen LogP contribution < -0.4 is 5.56 Å². The Labute approximate surface area is 164 Å². The van der Waals surface area contributed by atoms with E-state index in [0.717, 1.165) is 33.6 Å². The molecule has 0 saturated carbocycles. The van der Waals surface area contributed by atoms with Crippen LogP contribution in [0.2, 0.25) is 0 Å². The second-order valence-corrected chi connectivity index (χ2v) is 6.28. The highest BCUT2D eigenvalue weighted by Gasteiger charge is 2.32. The van der Waals surface area contributed by atoms with E-state index in [-0.39, 0.29) is 18.0 Å². The quantitative estimate of drug-likeness (QED) is 0.415. The number of allylic oxidation sites excluding steroid dienone is 1. The summed E-state index contributed by atoms with van der Waals surface area (Å²) in [6, 6.07) is 4.03. The van der Waals surface area contributed by atoms with Gasteiger partial charge in [-0.3, -0.25) is 14.3 Å². The lowest BCUT2D eigenvalue weighted by Crippen LogP contribution is -2.24. The van der Waals surface area contributed by atoms with Gasteiger partial charge in [0.15, 0.2) is 5.56 Å². The highest BCUT2D eigenvalue weighted by Crippen LogP contribution is 2.30. The number of esters is 1. The Kier molecular flexibility index (Phi) is 6.35. The third-order valence-electron chi connectivity index (χ3n) is 3.92. The average Bonchev–Trinajstić information content (AvgIpc) is 2.89. The van der Waals surface area contributed by atoms with Gasteiger partial charge in [-0.15, -0.1) is 0 Å². The predicted molar refractivity (Wildman–Crippen MR) is 99.1 cm³/mol. The Balaban J connectivity index is 2.76. The molecule has 10 heteroatoms. The van der Waals surface area contributed by atoms with Gasteiger partial charge in [-0.1, -0.05) is 6.07 Å². The summed E-state index contributed by atoms with van der Waals surface area (Å²) in [5.74, 6) is -1.70. The molecule has 0 unspecified atom stereocenters. The maximum atomic E-state index is 13.1. The van der Waals surface area contributed by atoms with Crippen LogP contribution in [0.25, 0.3) is 5.69 Å². The standard InChI is InChI=1S/C19H20F3N3O4/c1-5-29-18(28)15-16(14(26)9-10-23(2)3)24(4)25(17(15)27)13-8-6-7-12(11-13)19(20,21)22/h6-11H,5H2,1-4H3/b10-9+. The Morgan fingerprint density at radius 2 is 1.90 bits per heavy atom. The van der Waals surface area contributed by atoms with Gasteiger partial charge < -0.3 is 9.64 Å². The topological polar surface area (TPSA) is 73.5 Å². The van der Waals surface area contributed by atoms with Crippen molar-refractivity contribution >= 4 is 11.8 Å². The smallest absolute Gasteiger partial charge is 0.416 e. The number of nitrogens with zero attached hydrogens (tertiary/aromatic N) is 3. The normalized spacial score (nSPS) is 11.7. The van der Waals surface area contributed by atoms with Crippen molar-refractivity contribution in [3.05, 3.63) is 63.7 Å². The van der Waals surface area contributed by atoms with Gasteiger partial charge in [0.25, 0.3) is 5.56 Å². The van der Waals surface area contributed by atoms with Crippen molar-refractivity contribution in [3.8, 4) is 5.69 Å². The van der Waals surface area contributed by atoms with Crippen molar-refractivity contribution in [2.75, 3.05) is 20.7 Å². The van der Waals surface area contributed by atoms with Crippen molar-refractivity contribution in [2.45, 2.75) is 13.1 Å². The fraction of sp³-hybridized carbons (Fsp3) is 0.316. The lowest BCUT2D eigenvalue weighted by atomic mass is 10.1. The molecule has 0 fully saturated rings. The van der Waals surface area contributed by atoms with E-state index in [1.807, 2.05) is 0 Å². The van der Waals surface area contributed by atoms with Crippen molar-refractivity contribution < 1.29 is 27.5 Å². The molecular weight excluding hydrogens is 391 g/mol. The van der Waals surface area contributed by atoms with Crippen LogP contribution in [-0.2, 0) is 18.0 Å². The minimum Gasteiger partial charge on any atom is -0.462 e. The van der Waals surface area contributed by atoms with E-state index in [2.05, 4.69) is 0 Å². The van der Waals surface area contributed by atoms with Gasteiger partial charge in [-0.05, 0) is 25.1 Å². The molecule has 0 aliphatic heterocycles. The lowest BCUT2D eigenvalue weighted by molar-refractivity contribution is -0.137. The van der Waals surface area contributed by atoms with Crippen LogP contribution in [-0.4, -0.2) is 46.7 Å². The molecule has 156 valence electrons. The molecule has 1 aromatic carbocycles. The van der Waals surface area contributed by atoms with Crippen molar-refractivity contribution in [3.63, 3.8) is 0 Å². The number of rotatable bonds is 6. The summed E-state index contributed by atoms with van der Waals surface area (Å²) >= 11 is 0. The molecule has 0 bridgehead atoms. The van der Waals surface area contributed by atoms with Crippen LogP contribution in [0.5, 0.6) is 0 Å². The van der Waals surface area contributed by atoms with Crippen LogP contribution in [0.3, 0.4) is 0 Å². The van der Waals surface area contributed by atoms with Crippen molar-refractivity contribution in [1.82, 2.24) is 14.3 Å². The van der Waals surface area contributed by atoms with Crippen LogP contribution in [0.15, 0.2) is 41.3 Å². The molecule has 0 radical (unpaired) electrons. The van der Waals surface area contributed by atoms with Crippen molar-refractivity contribution in [1.29, 1.82) is 0 Å². The lowest BCUT2D eigenvalue weighted by Gasteiger charge is -2.12. The van der Waals surface area contributed by atoms with Crippen LogP contribution in [0.1, 0.15) is 33.3 Å². The number of aromatic nitrogens is 2. The van der Waals surface area contributed by atoms with Gasteiger partial charge in [0, 0.05) is 33.4 Å². The number of alkyl halides is 3. The maximum absolute atomic E-state index is 13.1. The van der Waals surface area contributed by atoms with Crippen LogP contribution in [0, 0.1) is 0 Å². The molecule has 2 aromatic rings. The number of carbonyl (C=O) groups excluding carboxylic acids is 2. The molecule has 1 heterocycles. The van der Waals surface area contributed by atoms with Crippen LogP contribution >= 0.6 is 0 Å². The first-order chi connectivity index (χ1) is 13.5. The fourth-order valence-corrected chi connectivity index (χ4v) is 2.68. The number of hydrogen-bond acceptors (Lipinski definition) is 5. The van der Waals surface area contributed by atoms with E-state index < -0.39 is 34.6 Å². The molecule has 0 aliphatic carbocycles. The highest BCUT2D eigenvalue weighted by atomic mass is 19.4. The molecule has 29 heavy (non-hydrogen) atoms. The van der Waals surface area contributed by atoms with E-state index in [1.54, 1.807) is 19.0 Å². The maximum Gasteiger partial charge on any atom is 0.416 e. The molecule has 2 rings (SSSR count). The van der Waals surface area contributed by atoms with Gasteiger partial charge in [-0.25, -0.2) is 9.48 Å². The van der Waals surface area contributed by atoms with Gasteiger partial charge in [-0.2, -0.15) is 13.2 Å². The minimum atomic E-state index is -4.62. The number of benzene rings is 1. The highest BCUT2D eigenvalue weighted by molar-refractivity contribution is 6.10. The summed E-state index contributed by atoms with van der Waals surface area (Å²) in [5.41, 5.74) is -2.90. The largest absolute Gasteiger partial charge is 0.462 e. The summed E-state index contributed by atoms with van der Waals surface area (Å²) in [6.07, 6.45) is -2.06. The second-order valence-electron chi connectivity index (χ2n) is 6.28. The molecule has 0 spiro atoms. The summed E-state index contributed by atoms with van der Waals surface area (Å²) in [5, 5.41) is 0. The second kappa shape index (κ2) is 8.38. The Hall–Kier alpha value is -3.30. The molecular formula is C19H20F3N3O4. The van der Waals surface area contributed by atoms with Crippen LogP contribution in [0.4, 0.5) is 13.2 Å². The number of halogens is 3. The van der Waals surface area contributed by atoms with E-state index in [9.17, 15) is 27.6 Å². The molecule has 0 atom stereocenters. The molecule has 0 amide bonds. The van der Waals surface area contributed by atoms with Gasteiger partial charge in [0.05, 0.1) is 17.9 Å². The van der Waals surface area contributed by atoms with Gasteiger partial charge in [0.1, 0.15) is 5.69 Å². The number of hydrogen-bond donors (Lipinski definition) is 0. The molecule has 0 saturated heterocycles. The SMILES string of the molecule is CCOC(=O)c1c(C(=O)/C=C/N(C)C)n(C)n(-c2cccc(C(F)(F)F)c2)c1=O. The zero-order valence-corrected chi connectivity index (χ0v) is 16.3. The molecule has 1 aromatic heterocycles. The Morgan fingerprint density at radius 1 is 1.24 bits per heavy atom. The number of ether oxygens (including phenoxy) is 1.